The Morgan fingerprint density at radius 3 is 2.53 bits per heavy atom. The summed E-state index contributed by atoms with van der Waals surface area (Å²) in [7, 11) is 0. The van der Waals surface area contributed by atoms with Gasteiger partial charge in [-0.3, -0.25) is 10.2 Å². The van der Waals surface area contributed by atoms with Crippen LogP contribution in [0, 0.1) is 11.3 Å². The number of nitrogens with one attached hydrogen (secondary N) is 2. The summed E-state index contributed by atoms with van der Waals surface area (Å²) in [5.74, 6) is -0.0114. The third kappa shape index (κ3) is 3.49. The molecule has 1 saturated carbocycles. The highest BCUT2D eigenvalue weighted by atomic mass is 19.3. The minimum absolute atomic E-state index is 0.0105. The highest BCUT2D eigenvalue weighted by Crippen LogP contribution is 2.38. The van der Waals surface area contributed by atoms with Gasteiger partial charge in [0.25, 0.3) is 0 Å². The Balaban J connectivity index is 1.35. The highest BCUT2D eigenvalue weighted by Gasteiger charge is 2.48. The molecule has 11 heteroatoms. The lowest BCUT2D eigenvalue weighted by Crippen LogP contribution is -2.60. The van der Waals surface area contributed by atoms with Gasteiger partial charge in [0.1, 0.15) is 12.5 Å². The number of aliphatic imine (C=N–C) groups is 1. The first kappa shape index (κ1) is 20.8. The van der Waals surface area contributed by atoms with Gasteiger partial charge in [-0.25, -0.2) is 14.1 Å². The number of nitrogens with zero attached hydrogens (tertiary/aromatic N) is 5. The van der Waals surface area contributed by atoms with Crippen LogP contribution in [0.3, 0.4) is 0 Å². The number of carbonyl (C=O) groups excluding carboxylic acids is 1. The van der Waals surface area contributed by atoms with Crippen LogP contribution < -0.4 is 0 Å². The first-order chi connectivity index (χ1) is 15.5. The third-order valence-corrected chi connectivity index (χ3v) is 6.79. The molecule has 0 radical (unpaired) electrons. The molecule has 4 atom stereocenters. The van der Waals surface area contributed by atoms with Crippen LogP contribution in [0.2, 0.25) is 0 Å². The highest BCUT2D eigenvalue weighted by molar-refractivity contribution is 6.02. The average molecular weight is 447 g/mol. The van der Waals surface area contributed by atoms with Crippen LogP contribution in [0.5, 0.6) is 0 Å². The van der Waals surface area contributed by atoms with Gasteiger partial charge in [0.2, 0.25) is 5.91 Å². The number of carbonyl (C=O) groups is 1. The molecule has 32 heavy (non-hydrogen) atoms. The van der Waals surface area contributed by atoms with Crippen molar-refractivity contribution < 1.29 is 18.0 Å². The van der Waals surface area contributed by atoms with Gasteiger partial charge in [0.05, 0.1) is 17.8 Å². The zero-order valence-electron chi connectivity index (χ0n) is 17.3. The Labute approximate surface area is 182 Å². The van der Waals surface area contributed by atoms with Crippen molar-refractivity contribution in [3.05, 3.63) is 30.4 Å². The molecule has 2 bridgehead atoms. The Morgan fingerprint density at radius 2 is 1.97 bits per heavy atom. The van der Waals surface area contributed by atoms with Crippen LogP contribution >= 0.6 is 0 Å². The van der Waals surface area contributed by atoms with Crippen LogP contribution in [-0.4, -0.2) is 74.0 Å². The van der Waals surface area contributed by atoms with Gasteiger partial charge in [-0.15, -0.1) is 0 Å². The number of H-pyrrole nitrogens is 1. The minimum Gasteiger partial charge on any atom is -0.358 e. The second kappa shape index (κ2) is 8.10. The fourth-order valence-electron chi connectivity index (χ4n) is 5.03. The molecule has 2 saturated heterocycles. The van der Waals surface area contributed by atoms with Crippen molar-refractivity contribution >= 4 is 18.1 Å². The van der Waals surface area contributed by atoms with Crippen LogP contribution in [0.25, 0.3) is 11.1 Å². The molecule has 170 valence electrons. The molecule has 5 rings (SSSR count). The first-order valence-electron chi connectivity index (χ1n) is 10.8. The molecule has 2 aromatic rings. The third-order valence-electron chi connectivity index (χ3n) is 6.79. The molecule has 8 nitrogen and oxygen atoms in total. The van der Waals surface area contributed by atoms with E-state index in [1.54, 1.807) is 12.3 Å². The summed E-state index contributed by atoms with van der Waals surface area (Å²) in [4.78, 5) is 24.2. The summed E-state index contributed by atoms with van der Waals surface area (Å²) in [5, 5.41) is 11.2. The van der Waals surface area contributed by atoms with Crippen molar-refractivity contribution in [2.45, 2.75) is 50.5 Å². The number of likely N-dealkylation sites (tertiary alicyclic amines) is 1. The number of hydrogen-bond donors (Lipinski definition) is 2. The van der Waals surface area contributed by atoms with E-state index in [4.69, 9.17) is 5.41 Å². The number of aromatic nitrogens is 3. The summed E-state index contributed by atoms with van der Waals surface area (Å²) in [6.45, 7) is -1.61. The summed E-state index contributed by atoms with van der Waals surface area (Å²) in [5.41, 5.74) is 1.87. The average Bonchev–Trinajstić information content (AvgIpc) is 3.48. The number of aromatic amines is 1. The number of halogens is 3. The quantitative estimate of drug-likeness (QED) is 0.545. The molecular weight excluding hydrogens is 423 g/mol. The van der Waals surface area contributed by atoms with E-state index in [2.05, 4.69) is 15.1 Å². The largest absolute Gasteiger partial charge is 0.358 e. The van der Waals surface area contributed by atoms with Crippen LogP contribution in [0.15, 0.2) is 29.6 Å². The first-order valence-corrected chi connectivity index (χ1v) is 10.8. The predicted octanol–water partition coefficient (Wildman–Crippen LogP) is 3.05. The van der Waals surface area contributed by atoms with Gasteiger partial charge >= 0.3 is 6.55 Å². The predicted molar refractivity (Wildman–Crippen MR) is 111 cm³/mol. The number of amides is 1. The van der Waals surface area contributed by atoms with Crippen molar-refractivity contribution in [2.75, 3.05) is 13.1 Å². The van der Waals surface area contributed by atoms with Crippen molar-refractivity contribution in [3.63, 3.8) is 0 Å². The smallest absolute Gasteiger partial charge is 0.333 e. The Kier molecular flexibility index (Phi) is 5.26. The molecule has 3 fully saturated rings. The summed E-state index contributed by atoms with van der Waals surface area (Å²) in [6.07, 6.45) is 7.07. The van der Waals surface area contributed by atoms with E-state index in [-0.39, 0.29) is 18.0 Å². The van der Waals surface area contributed by atoms with E-state index in [1.165, 1.54) is 12.4 Å². The fourth-order valence-corrected chi connectivity index (χ4v) is 5.03. The number of amidine groups is 1. The number of piperazine rings is 1. The maximum atomic E-state index is 13.8. The summed E-state index contributed by atoms with van der Waals surface area (Å²) >= 11 is 0. The molecule has 0 spiro atoms. The van der Waals surface area contributed by atoms with Crippen molar-refractivity contribution in [3.8, 4) is 11.1 Å². The van der Waals surface area contributed by atoms with E-state index >= 15 is 0 Å². The molecule has 4 heterocycles. The Morgan fingerprint density at radius 1 is 1.22 bits per heavy atom. The van der Waals surface area contributed by atoms with Crippen molar-refractivity contribution in [1.82, 2.24) is 24.6 Å². The Hall–Kier alpha value is -3.11. The molecule has 1 aliphatic carbocycles. The van der Waals surface area contributed by atoms with Gasteiger partial charge in [0, 0.05) is 48.7 Å². The van der Waals surface area contributed by atoms with Gasteiger partial charge < -0.3 is 14.8 Å². The standard InChI is InChI=1S/C21H24F3N7O/c22-17-4-3-16(17)20(32)31-14-1-2-15(31)10-29(9-14)19(27-11-25)18-5-12(6-26-18)13-7-28-30(8-13)21(23)24/h5-8,11,14-17,21,25-26H,1-4,9-10H2. The normalized spacial score (nSPS) is 27.7. The maximum absolute atomic E-state index is 13.8. The lowest BCUT2D eigenvalue weighted by Gasteiger charge is -2.45. The fraction of sp³-hybridized carbons (Fsp3) is 0.524. The van der Waals surface area contributed by atoms with Crippen molar-refractivity contribution in [1.29, 1.82) is 5.41 Å². The number of rotatable bonds is 5. The zero-order valence-corrected chi connectivity index (χ0v) is 17.3. The summed E-state index contributed by atoms with van der Waals surface area (Å²) < 4.78 is 40.1. The lowest BCUT2D eigenvalue weighted by molar-refractivity contribution is -0.147. The monoisotopic (exact) mass is 447 g/mol. The molecule has 3 aliphatic rings. The van der Waals surface area contributed by atoms with Crippen LogP contribution in [0.4, 0.5) is 13.2 Å². The SMILES string of the molecule is N=CN=C(c1cc(-c2cnn(C(F)F)c2)c[nH]1)N1CC2CCC(C1)N2C(=O)C1CCC1F. The molecule has 0 aromatic carbocycles. The number of alkyl halides is 3. The van der Waals surface area contributed by atoms with Crippen LogP contribution in [0.1, 0.15) is 37.9 Å². The lowest BCUT2D eigenvalue weighted by atomic mass is 9.81. The second-order valence-electron chi connectivity index (χ2n) is 8.61. The second-order valence-corrected chi connectivity index (χ2v) is 8.61. The van der Waals surface area contributed by atoms with Gasteiger partial charge in [-0.05, 0) is 31.7 Å². The number of fused-ring (bicyclic) bond motifs is 2. The Bertz CT molecular complexity index is 1030. The van der Waals surface area contributed by atoms with E-state index in [9.17, 15) is 18.0 Å². The van der Waals surface area contributed by atoms with E-state index in [1.807, 2.05) is 9.80 Å². The molecule has 2 N–H and O–H groups in total. The molecule has 4 unspecified atom stereocenters. The van der Waals surface area contributed by atoms with E-state index in [0.717, 1.165) is 19.2 Å². The van der Waals surface area contributed by atoms with Gasteiger partial charge in [-0.1, -0.05) is 0 Å². The topological polar surface area (TPSA) is 93.4 Å². The minimum atomic E-state index is -2.71. The molecule has 2 aromatic heterocycles. The molecule has 2 aliphatic heterocycles. The zero-order chi connectivity index (χ0) is 22.4. The van der Waals surface area contributed by atoms with Crippen molar-refractivity contribution in [2.24, 2.45) is 10.9 Å². The molecular formula is C21H24F3N7O. The van der Waals surface area contributed by atoms with Gasteiger partial charge in [0.15, 0.2) is 5.84 Å². The van der Waals surface area contributed by atoms with Crippen LogP contribution in [-0.2, 0) is 4.79 Å². The molecule has 1 amide bonds. The van der Waals surface area contributed by atoms with E-state index < -0.39 is 18.6 Å². The number of hydrogen-bond acceptors (Lipinski definition) is 3. The van der Waals surface area contributed by atoms with E-state index in [0.29, 0.717) is 53.3 Å². The maximum Gasteiger partial charge on any atom is 0.333 e. The van der Waals surface area contributed by atoms with Gasteiger partial charge in [-0.2, -0.15) is 13.9 Å². The summed E-state index contributed by atoms with van der Waals surface area (Å²) in [6, 6.07) is 1.77.